The molecule has 0 aromatic carbocycles. The van der Waals surface area contributed by atoms with Gasteiger partial charge in [0.25, 0.3) is 0 Å². The van der Waals surface area contributed by atoms with E-state index in [-0.39, 0.29) is 17.6 Å². The Hall–Kier alpha value is -1.00. The lowest BCUT2D eigenvalue weighted by Gasteiger charge is -2.27. The fraction of sp³-hybridized carbons (Fsp3) is 0.667. The highest BCUT2D eigenvalue weighted by atomic mass is 16.3. The van der Waals surface area contributed by atoms with Gasteiger partial charge in [0, 0.05) is 31.2 Å². The molecule has 2 unspecified atom stereocenters. The zero-order chi connectivity index (χ0) is 12.2. The Labute approximate surface area is 97.1 Å². The van der Waals surface area contributed by atoms with E-state index in [9.17, 15) is 5.11 Å². The van der Waals surface area contributed by atoms with Gasteiger partial charge in [0.05, 0.1) is 11.8 Å². The first kappa shape index (κ1) is 13.1. The third kappa shape index (κ3) is 3.87. The summed E-state index contributed by atoms with van der Waals surface area (Å²) in [4.78, 5) is 8.23. The van der Waals surface area contributed by atoms with Gasteiger partial charge in [-0.15, -0.1) is 0 Å². The van der Waals surface area contributed by atoms with Crippen LogP contribution in [0, 0.1) is 5.41 Å². The molecule has 2 N–H and O–H groups in total. The van der Waals surface area contributed by atoms with Crippen molar-refractivity contribution in [1.29, 1.82) is 0 Å². The summed E-state index contributed by atoms with van der Waals surface area (Å²) in [6.45, 7) is 8.63. The lowest BCUT2D eigenvalue weighted by molar-refractivity contribution is 0.0608. The van der Waals surface area contributed by atoms with Gasteiger partial charge in [0.15, 0.2) is 0 Å². The van der Waals surface area contributed by atoms with Gasteiger partial charge >= 0.3 is 0 Å². The second kappa shape index (κ2) is 5.37. The van der Waals surface area contributed by atoms with Gasteiger partial charge in [-0.1, -0.05) is 20.8 Å². The van der Waals surface area contributed by atoms with Crippen molar-refractivity contribution in [2.24, 2.45) is 5.41 Å². The number of aromatic nitrogens is 2. The van der Waals surface area contributed by atoms with Crippen LogP contribution in [0.1, 0.15) is 39.4 Å². The normalized spacial score (nSPS) is 15.8. The smallest absolute Gasteiger partial charge is 0.0753 e. The maximum atomic E-state index is 9.88. The quantitative estimate of drug-likeness (QED) is 0.813. The number of hydrogen-bond donors (Lipinski definition) is 2. The molecule has 4 nitrogen and oxygen atoms in total. The predicted molar refractivity (Wildman–Crippen MR) is 63.9 cm³/mol. The van der Waals surface area contributed by atoms with E-state index in [2.05, 4.69) is 15.3 Å². The van der Waals surface area contributed by atoms with E-state index < -0.39 is 0 Å². The van der Waals surface area contributed by atoms with Gasteiger partial charge in [-0.3, -0.25) is 9.97 Å². The number of rotatable bonds is 4. The third-order valence-corrected chi connectivity index (χ3v) is 2.64. The Balaban J connectivity index is 2.45. The van der Waals surface area contributed by atoms with Crippen molar-refractivity contribution in [1.82, 2.24) is 15.3 Å². The molecule has 0 spiro atoms. The largest absolute Gasteiger partial charge is 0.391 e. The number of aliphatic hydroxyl groups excluding tert-OH is 1. The minimum absolute atomic E-state index is 0.102. The molecule has 1 aromatic rings. The minimum Gasteiger partial charge on any atom is -0.391 e. The summed E-state index contributed by atoms with van der Waals surface area (Å²) in [5, 5.41) is 13.1. The first-order chi connectivity index (χ1) is 7.41. The van der Waals surface area contributed by atoms with Gasteiger partial charge in [-0.25, -0.2) is 0 Å². The Kier molecular flexibility index (Phi) is 4.38. The molecule has 0 aliphatic carbocycles. The van der Waals surface area contributed by atoms with Crippen molar-refractivity contribution in [3.05, 3.63) is 24.3 Å². The van der Waals surface area contributed by atoms with Gasteiger partial charge in [0.2, 0.25) is 0 Å². The van der Waals surface area contributed by atoms with Crippen LogP contribution in [0.2, 0.25) is 0 Å². The Morgan fingerprint density at radius 1 is 1.38 bits per heavy atom. The highest BCUT2D eigenvalue weighted by molar-refractivity contribution is 5.00. The minimum atomic E-state index is -0.369. The van der Waals surface area contributed by atoms with Gasteiger partial charge in [-0.2, -0.15) is 0 Å². The van der Waals surface area contributed by atoms with Crippen LogP contribution in [-0.4, -0.2) is 27.7 Å². The molecule has 0 aliphatic rings. The van der Waals surface area contributed by atoms with Crippen molar-refractivity contribution >= 4 is 0 Å². The highest BCUT2D eigenvalue weighted by Crippen LogP contribution is 2.19. The van der Waals surface area contributed by atoms with Gasteiger partial charge in [0.1, 0.15) is 0 Å². The maximum Gasteiger partial charge on any atom is 0.0753 e. The first-order valence-corrected chi connectivity index (χ1v) is 5.58. The molecule has 0 aliphatic heterocycles. The lowest BCUT2D eigenvalue weighted by Crippen LogP contribution is -2.37. The molecular weight excluding hydrogens is 202 g/mol. The van der Waals surface area contributed by atoms with Crippen LogP contribution in [0.15, 0.2) is 18.6 Å². The fourth-order valence-corrected chi connectivity index (χ4v) is 1.23. The van der Waals surface area contributed by atoms with E-state index in [0.717, 1.165) is 5.69 Å². The lowest BCUT2D eigenvalue weighted by atomic mass is 9.89. The molecule has 0 radical (unpaired) electrons. The van der Waals surface area contributed by atoms with Crippen LogP contribution in [0.25, 0.3) is 0 Å². The van der Waals surface area contributed by atoms with Crippen molar-refractivity contribution < 1.29 is 5.11 Å². The molecule has 0 amide bonds. The molecule has 2 atom stereocenters. The average molecular weight is 223 g/mol. The standard InChI is InChI=1S/C12H21N3O/c1-9(10-7-13-5-6-14-10)15-8-11(16)12(2,3)4/h5-7,9,11,15-16H,8H2,1-4H3. The molecule has 0 bridgehead atoms. The number of nitrogens with zero attached hydrogens (tertiary/aromatic N) is 2. The monoisotopic (exact) mass is 223 g/mol. The van der Waals surface area contributed by atoms with Crippen LogP contribution >= 0.6 is 0 Å². The van der Waals surface area contributed by atoms with Crippen molar-refractivity contribution in [2.75, 3.05) is 6.54 Å². The van der Waals surface area contributed by atoms with Crippen LogP contribution in [0.5, 0.6) is 0 Å². The number of hydrogen-bond acceptors (Lipinski definition) is 4. The first-order valence-electron chi connectivity index (χ1n) is 5.58. The van der Waals surface area contributed by atoms with Crippen LogP contribution in [-0.2, 0) is 0 Å². The maximum absolute atomic E-state index is 9.88. The summed E-state index contributed by atoms with van der Waals surface area (Å²) < 4.78 is 0. The second-order valence-corrected chi connectivity index (χ2v) is 5.14. The Morgan fingerprint density at radius 2 is 2.06 bits per heavy atom. The molecule has 16 heavy (non-hydrogen) atoms. The second-order valence-electron chi connectivity index (χ2n) is 5.14. The summed E-state index contributed by atoms with van der Waals surface area (Å²) in [7, 11) is 0. The van der Waals surface area contributed by atoms with Crippen molar-refractivity contribution in [3.8, 4) is 0 Å². The van der Waals surface area contributed by atoms with E-state index in [1.807, 2.05) is 27.7 Å². The summed E-state index contributed by atoms with van der Waals surface area (Å²) in [6, 6.07) is 0.102. The predicted octanol–water partition coefficient (Wildman–Crippen LogP) is 1.53. The van der Waals surface area contributed by atoms with E-state index in [0.29, 0.717) is 6.54 Å². The summed E-state index contributed by atoms with van der Waals surface area (Å²) >= 11 is 0. The van der Waals surface area contributed by atoms with Crippen molar-refractivity contribution in [2.45, 2.75) is 39.8 Å². The topological polar surface area (TPSA) is 58.0 Å². The molecule has 0 fully saturated rings. The summed E-state index contributed by atoms with van der Waals surface area (Å²) in [6.07, 6.45) is 4.70. The zero-order valence-corrected chi connectivity index (χ0v) is 10.4. The van der Waals surface area contributed by atoms with E-state index in [1.54, 1.807) is 18.6 Å². The molecule has 4 heteroatoms. The van der Waals surface area contributed by atoms with Crippen LogP contribution in [0.4, 0.5) is 0 Å². The zero-order valence-electron chi connectivity index (χ0n) is 10.4. The average Bonchev–Trinajstić information content (AvgIpc) is 2.25. The Morgan fingerprint density at radius 3 is 2.56 bits per heavy atom. The number of nitrogens with one attached hydrogen (secondary N) is 1. The Bertz CT molecular complexity index is 308. The van der Waals surface area contributed by atoms with E-state index in [4.69, 9.17) is 0 Å². The van der Waals surface area contributed by atoms with E-state index in [1.165, 1.54) is 0 Å². The van der Waals surface area contributed by atoms with Gasteiger partial charge in [-0.05, 0) is 12.3 Å². The highest BCUT2D eigenvalue weighted by Gasteiger charge is 2.22. The number of aliphatic hydroxyl groups is 1. The van der Waals surface area contributed by atoms with Gasteiger partial charge < -0.3 is 10.4 Å². The molecule has 0 saturated carbocycles. The van der Waals surface area contributed by atoms with Crippen LogP contribution < -0.4 is 5.32 Å². The molecule has 1 aromatic heterocycles. The van der Waals surface area contributed by atoms with Crippen molar-refractivity contribution in [3.63, 3.8) is 0 Å². The summed E-state index contributed by atoms with van der Waals surface area (Å²) in [5.41, 5.74) is 0.790. The molecule has 1 heterocycles. The molecular formula is C12H21N3O. The molecule has 0 saturated heterocycles. The SMILES string of the molecule is CC(NCC(O)C(C)(C)C)c1cnccn1. The summed E-state index contributed by atoms with van der Waals surface area (Å²) in [5.74, 6) is 0. The van der Waals surface area contributed by atoms with Crippen LogP contribution in [0.3, 0.4) is 0 Å². The third-order valence-electron chi connectivity index (χ3n) is 2.64. The van der Waals surface area contributed by atoms with E-state index >= 15 is 0 Å². The molecule has 90 valence electrons. The fourth-order valence-electron chi connectivity index (χ4n) is 1.23. The molecule has 1 rings (SSSR count).